The monoisotopic (exact) mass is 303 g/mol. The van der Waals surface area contributed by atoms with Crippen LogP contribution >= 0.6 is 0 Å². The molecule has 2 fully saturated rings. The van der Waals surface area contributed by atoms with Gasteiger partial charge in [0.05, 0.1) is 12.8 Å². The van der Waals surface area contributed by atoms with Crippen LogP contribution in [0.15, 0.2) is 0 Å². The number of nitrogens with one attached hydrogen (secondary N) is 3. The summed E-state index contributed by atoms with van der Waals surface area (Å²) in [6, 6.07) is -0.0373. The van der Waals surface area contributed by atoms with Crippen molar-refractivity contribution in [2.75, 3.05) is 25.9 Å². The highest BCUT2D eigenvalue weighted by Gasteiger charge is 2.29. The molecule has 20 heavy (non-hydrogen) atoms. The van der Waals surface area contributed by atoms with Gasteiger partial charge >= 0.3 is 0 Å². The Kier molecular flexibility index (Phi) is 5.40. The topological polar surface area (TPSA) is 87.3 Å². The van der Waals surface area contributed by atoms with Crippen LogP contribution in [0.4, 0.5) is 0 Å². The molecule has 0 aromatic rings. The molecule has 0 bridgehead atoms. The quantitative estimate of drug-likeness (QED) is 0.580. The third kappa shape index (κ3) is 5.76. The first-order valence-electron chi connectivity index (χ1n) is 7.39. The van der Waals surface area contributed by atoms with Gasteiger partial charge in [0.15, 0.2) is 0 Å². The highest BCUT2D eigenvalue weighted by molar-refractivity contribution is 7.88. The molecule has 2 aliphatic rings. The van der Waals surface area contributed by atoms with Crippen LogP contribution in [-0.2, 0) is 14.8 Å². The molecule has 6 nitrogen and oxygen atoms in total. The second-order valence-corrected chi connectivity index (χ2v) is 7.85. The second-order valence-electron chi connectivity index (χ2n) is 6.07. The van der Waals surface area contributed by atoms with E-state index in [0.717, 1.165) is 31.7 Å². The molecule has 0 aromatic heterocycles. The minimum absolute atomic E-state index is 0.00402. The molecule has 2 atom stereocenters. The molecule has 116 valence electrons. The number of hydrogen-bond donors (Lipinski definition) is 3. The van der Waals surface area contributed by atoms with E-state index in [1.165, 1.54) is 19.1 Å². The van der Waals surface area contributed by atoms with Crippen molar-refractivity contribution in [2.24, 2.45) is 11.8 Å². The summed E-state index contributed by atoms with van der Waals surface area (Å²) in [4.78, 5) is 11.7. The van der Waals surface area contributed by atoms with Crippen LogP contribution in [0.3, 0.4) is 0 Å². The average molecular weight is 303 g/mol. The van der Waals surface area contributed by atoms with Gasteiger partial charge in [0.25, 0.3) is 0 Å². The fourth-order valence-electron chi connectivity index (χ4n) is 2.73. The highest BCUT2D eigenvalue weighted by Crippen LogP contribution is 2.27. The van der Waals surface area contributed by atoms with Gasteiger partial charge < -0.3 is 10.6 Å². The molecule has 3 N–H and O–H groups in total. The van der Waals surface area contributed by atoms with Crippen LogP contribution in [0.1, 0.15) is 32.1 Å². The summed E-state index contributed by atoms with van der Waals surface area (Å²) in [6.07, 6.45) is 6.55. The minimum atomic E-state index is -3.17. The Labute approximate surface area is 121 Å². The van der Waals surface area contributed by atoms with E-state index >= 15 is 0 Å². The van der Waals surface area contributed by atoms with Gasteiger partial charge in [-0.25, -0.2) is 13.1 Å². The molecule has 0 spiro atoms. The van der Waals surface area contributed by atoms with Gasteiger partial charge in [-0.1, -0.05) is 6.42 Å². The fourth-order valence-corrected chi connectivity index (χ4v) is 3.59. The van der Waals surface area contributed by atoms with Gasteiger partial charge in [-0.05, 0) is 44.1 Å². The van der Waals surface area contributed by atoms with Gasteiger partial charge in [0.1, 0.15) is 0 Å². The zero-order valence-electron chi connectivity index (χ0n) is 12.0. The van der Waals surface area contributed by atoms with E-state index in [2.05, 4.69) is 15.4 Å². The summed E-state index contributed by atoms with van der Waals surface area (Å²) in [6.45, 7) is 1.83. The lowest BCUT2D eigenvalue weighted by molar-refractivity contribution is -0.120. The Morgan fingerprint density at radius 2 is 1.90 bits per heavy atom. The van der Waals surface area contributed by atoms with E-state index in [0.29, 0.717) is 13.1 Å². The van der Waals surface area contributed by atoms with E-state index in [-0.39, 0.29) is 17.9 Å². The Hall–Kier alpha value is -0.660. The van der Waals surface area contributed by atoms with Crippen LogP contribution in [-0.4, -0.2) is 46.3 Å². The molecule has 2 rings (SSSR count). The van der Waals surface area contributed by atoms with Crippen molar-refractivity contribution in [3.05, 3.63) is 0 Å². The Morgan fingerprint density at radius 1 is 1.15 bits per heavy atom. The molecule has 2 aliphatic carbocycles. The first-order chi connectivity index (χ1) is 9.44. The predicted molar refractivity (Wildman–Crippen MR) is 77.7 cm³/mol. The Bertz CT molecular complexity index is 434. The van der Waals surface area contributed by atoms with Gasteiger partial charge in [-0.2, -0.15) is 0 Å². The lowest BCUT2D eigenvalue weighted by Crippen LogP contribution is -2.43. The van der Waals surface area contributed by atoms with Gasteiger partial charge in [-0.15, -0.1) is 0 Å². The third-order valence-electron chi connectivity index (χ3n) is 4.00. The molecule has 0 aromatic carbocycles. The van der Waals surface area contributed by atoms with Crippen molar-refractivity contribution < 1.29 is 13.2 Å². The Balaban J connectivity index is 1.64. The molecule has 0 saturated heterocycles. The van der Waals surface area contributed by atoms with Crippen molar-refractivity contribution in [1.82, 2.24) is 15.4 Å². The standard InChI is InChI=1S/C13H25N3O3S/c1-20(18,19)16-12-4-2-3-11(12)8-15-13(17)9-14-7-10-5-6-10/h10-12,14,16H,2-9H2,1H3,(H,15,17). The molecule has 0 heterocycles. The Morgan fingerprint density at radius 3 is 2.55 bits per heavy atom. The fraction of sp³-hybridized carbons (Fsp3) is 0.923. The largest absolute Gasteiger partial charge is 0.355 e. The lowest BCUT2D eigenvalue weighted by atomic mass is 10.0. The number of rotatable bonds is 8. The zero-order chi connectivity index (χ0) is 14.6. The molecule has 2 unspecified atom stereocenters. The van der Waals surface area contributed by atoms with Gasteiger partial charge in [0.2, 0.25) is 15.9 Å². The van der Waals surface area contributed by atoms with E-state index in [4.69, 9.17) is 0 Å². The first kappa shape index (κ1) is 15.7. The van der Waals surface area contributed by atoms with E-state index < -0.39 is 10.0 Å². The van der Waals surface area contributed by atoms with Crippen molar-refractivity contribution in [1.29, 1.82) is 0 Å². The van der Waals surface area contributed by atoms with Crippen LogP contribution < -0.4 is 15.4 Å². The molecule has 1 amide bonds. The number of carbonyl (C=O) groups is 1. The molecular weight excluding hydrogens is 278 g/mol. The maximum atomic E-state index is 11.7. The van der Waals surface area contributed by atoms with E-state index in [9.17, 15) is 13.2 Å². The smallest absolute Gasteiger partial charge is 0.233 e. The van der Waals surface area contributed by atoms with Crippen molar-refractivity contribution in [3.63, 3.8) is 0 Å². The summed E-state index contributed by atoms with van der Waals surface area (Å²) in [5.74, 6) is 0.966. The van der Waals surface area contributed by atoms with Crippen molar-refractivity contribution in [2.45, 2.75) is 38.1 Å². The summed E-state index contributed by atoms with van der Waals surface area (Å²) < 4.78 is 25.2. The SMILES string of the molecule is CS(=O)(=O)NC1CCCC1CNC(=O)CNCC1CC1. The maximum Gasteiger partial charge on any atom is 0.233 e. The second kappa shape index (κ2) is 6.87. The summed E-state index contributed by atoms with van der Waals surface area (Å²) in [5.41, 5.74) is 0. The normalized spacial score (nSPS) is 26.6. The van der Waals surface area contributed by atoms with Gasteiger partial charge in [0, 0.05) is 12.6 Å². The number of amides is 1. The molecule has 0 aliphatic heterocycles. The molecule has 2 saturated carbocycles. The molecule has 7 heteroatoms. The molecule has 0 radical (unpaired) electrons. The van der Waals surface area contributed by atoms with Crippen molar-refractivity contribution >= 4 is 15.9 Å². The summed E-state index contributed by atoms with van der Waals surface area (Å²) in [5, 5.41) is 6.05. The summed E-state index contributed by atoms with van der Waals surface area (Å²) in [7, 11) is -3.17. The number of carbonyl (C=O) groups excluding carboxylic acids is 1. The zero-order valence-corrected chi connectivity index (χ0v) is 12.8. The lowest BCUT2D eigenvalue weighted by Gasteiger charge is -2.20. The van der Waals surface area contributed by atoms with Gasteiger partial charge in [-0.3, -0.25) is 4.79 Å². The van der Waals surface area contributed by atoms with Crippen LogP contribution in [0.5, 0.6) is 0 Å². The minimum Gasteiger partial charge on any atom is -0.355 e. The molecular formula is C13H25N3O3S. The third-order valence-corrected chi connectivity index (χ3v) is 4.73. The maximum absolute atomic E-state index is 11.7. The number of hydrogen-bond acceptors (Lipinski definition) is 4. The number of sulfonamides is 1. The van der Waals surface area contributed by atoms with Crippen LogP contribution in [0.2, 0.25) is 0 Å². The van der Waals surface area contributed by atoms with E-state index in [1.807, 2.05) is 0 Å². The summed E-state index contributed by atoms with van der Waals surface area (Å²) >= 11 is 0. The highest BCUT2D eigenvalue weighted by atomic mass is 32.2. The predicted octanol–water partition coefficient (Wildman–Crippen LogP) is -0.180. The van der Waals surface area contributed by atoms with E-state index in [1.54, 1.807) is 0 Å². The van der Waals surface area contributed by atoms with Crippen LogP contribution in [0.25, 0.3) is 0 Å². The van der Waals surface area contributed by atoms with Crippen molar-refractivity contribution in [3.8, 4) is 0 Å². The first-order valence-corrected chi connectivity index (χ1v) is 9.28. The average Bonchev–Trinajstić information content (AvgIpc) is 3.06. The van der Waals surface area contributed by atoms with Crippen LogP contribution in [0, 0.1) is 11.8 Å².